The van der Waals surface area contributed by atoms with Crippen molar-refractivity contribution in [1.82, 2.24) is 25.2 Å². The van der Waals surface area contributed by atoms with Gasteiger partial charge in [-0.25, -0.2) is 0 Å². The first kappa shape index (κ1) is 21.0. The second-order valence-corrected chi connectivity index (χ2v) is 7.82. The molecule has 0 bridgehead atoms. The number of hydrogen-bond donors (Lipinski definition) is 4. The number of nitrogen functional groups attached to an aromatic ring is 1. The second kappa shape index (κ2) is 8.21. The highest BCUT2D eigenvalue weighted by Crippen LogP contribution is 2.39. The lowest BCUT2D eigenvalue weighted by Crippen LogP contribution is -2.36. The number of nitrogens with zero attached hydrogens (tertiary/aromatic N) is 7. The largest absolute Gasteiger partial charge is 0.493 e. The van der Waals surface area contributed by atoms with Crippen LogP contribution in [0, 0.1) is 0 Å². The molecule has 0 saturated carbocycles. The summed E-state index contributed by atoms with van der Waals surface area (Å²) in [5.41, 5.74) is 6.38. The Labute approximate surface area is 192 Å². The van der Waals surface area contributed by atoms with E-state index in [1.807, 2.05) is 5.38 Å². The summed E-state index contributed by atoms with van der Waals surface area (Å²) < 4.78 is 7.14. The van der Waals surface area contributed by atoms with Gasteiger partial charge in [-0.05, 0) is 27.8 Å². The zero-order valence-corrected chi connectivity index (χ0v) is 17.8. The average molecular weight is 480 g/mol. The lowest BCUT2D eigenvalue weighted by atomic mass is 10.2. The number of aromatic hydroxyl groups is 1. The molecule has 170 valence electrons. The number of para-hydroxylation sites is 1. The topological polar surface area (TPSA) is 202 Å². The Morgan fingerprint density at radius 2 is 2.06 bits per heavy atom. The van der Waals surface area contributed by atoms with Gasteiger partial charge in [-0.15, -0.1) is 31.5 Å². The predicted molar refractivity (Wildman–Crippen MR) is 116 cm³/mol. The van der Waals surface area contributed by atoms with E-state index in [2.05, 4.69) is 35.5 Å². The number of amides is 1. The van der Waals surface area contributed by atoms with Gasteiger partial charge in [0, 0.05) is 5.39 Å². The van der Waals surface area contributed by atoms with Crippen LogP contribution in [-0.2, 0) is 11.3 Å². The minimum absolute atomic E-state index is 0.0248. The number of H-pyrrole nitrogens is 1. The van der Waals surface area contributed by atoms with Gasteiger partial charge in [0.2, 0.25) is 5.88 Å². The number of benzene rings is 1. The van der Waals surface area contributed by atoms with Gasteiger partial charge in [0.25, 0.3) is 11.5 Å². The van der Waals surface area contributed by atoms with Crippen molar-refractivity contribution < 1.29 is 29.1 Å². The summed E-state index contributed by atoms with van der Waals surface area (Å²) in [6, 6.07) is 10.2. The molecule has 0 unspecified atom stereocenters. The molecule has 14 nitrogen and oxygen atoms in total. The third-order valence-electron chi connectivity index (χ3n) is 4.83. The summed E-state index contributed by atoms with van der Waals surface area (Å²) >= 11 is 1.33. The summed E-state index contributed by atoms with van der Waals surface area (Å²) in [6.07, 6.45) is 0. The van der Waals surface area contributed by atoms with Crippen LogP contribution in [0.25, 0.3) is 27.3 Å². The molecule has 15 heteroatoms. The average Bonchev–Trinajstić information content (AvgIpc) is 3.60. The fourth-order valence-corrected chi connectivity index (χ4v) is 4.17. The van der Waals surface area contributed by atoms with Gasteiger partial charge in [-0.2, -0.15) is 4.63 Å². The van der Waals surface area contributed by atoms with Crippen LogP contribution in [0.4, 0.5) is 11.5 Å². The van der Waals surface area contributed by atoms with Crippen LogP contribution < -0.4 is 10.4 Å². The number of nitrogens with two attached hydrogens (primary N) is 1. The molecule has 0 atom stereocenters. The lowest BCUT2D eigenvalue weighted by molar-refractivity contribution is -0.652. The molecule has 0 aliphatic carbocycles. The first-order valence-electron chi connectivity index (χ1n) is 9.56. The van der Waals surface area contributed by atoms with Gasteiger partial charge in [0.15, 0.2) is 11.4 Å². The van der Waals surface area contributed by atoms with Crippen LogP contribution in [-0.4, -0.2) is 47.3 Å². The number of carboxylic acid groups (broad SMARTS) is 1. The van der Waals surface area contributed by atoms with Crippen LogP contribution >= 0.6 is 11.3 Å². The van der Waals surface area contributed by atoms with Gasteiger partial charge < -0.3 is 15.9 Å². The maximum Gasteiger partial charge on any atom is 0.377 e. The van der Waals surface area contributed by atoms with Gasteiger partial charge in [0.1, 0.15) is 11.7 Å². The Bertz CT molecular complexity index is 1560. The highest BCUT2D eigenvalue weighted by atomic mass is 32.1. The highest BCUT2D eigenvalue weighted by molar-refractivity contribution is 7.13. The van der Waals surface area contributed by atoms with Crippen molar-refractivity contribution in [2.75, 3.05) is 5.73 Å². The van der Waals surface area contributed by atoms with Crippen LogP contribution in [0.1, 0.15) is 10.5 Å². The number of fused-ring (bicyclic) bond motifs is 1. The number of thiophene rings is 1. The van der Waals surface area contributed by atoms with E-state index in [1.54, 1.807) is 36.4 Å². The normalized spacial score (nSPS) is 11.5. The van der Waals surface area contributed by atoms with Crippen molar-refractivity contribution in [3.8, 4) is 22.3 Å². The number of carbonyl (C=O) groups is 2. The maximum absolute atomic E-state index is 13.0. The molecule has 0 saturated heterocycles. The van der Waals surface area contributed by atoms with E-state index in [1.165, 1.54) is 16.0 Å². The molecule has 1 aromatic carbocycles. The molecule has 5 aromatic rings. The predicted octanol–water partition coefficient (Wildman–Crippen LogP) is 2.05. The van der Waals surface area contributed by atoms with Gasteiger partial charge in [0.05, 0.1) is 10.4 Å². The van der Waals surface area contributed by atoms with E-state index in [-0.39, 0.29) is 23.0 Å². The fraction of sp³-hybridized carbons (Fsp3) is 0.0526. The quantitative estimate of drug-likeness (QED) is 0.207. The zero-order chi connectivity index (χ0) is 23.8. The van der Waals surface area contributed by atoms with E-state index in [4.69, 9.17) is 10.8 Å². The third-order valence-corrected chi connectivity index (χ3v) is 5.70. The van der Waals surface area contributed by atoms with E-state index < -0.39 is 24.3 Å². The number of hydrogen-bond acceptors (Lipinski definition) is 10. The Hall–Kier alpha value is -4.92. The van der Waals surface area contributed by atoms with Crippen LogP contribution in [0.3, 0.4) is 0 Å². The van der Waals surface area contributed by atoms with Crippen molar-refractivity contribution in [2.45, 2.75) is 6.54 Å². The number of rotatable bonds is 6. The number of aromatic amines is 1. The summed E-state index contributed by atoms with van der Waals surface area (Å²) in [7, 11) is 0. The Kier molecular flexibility index (Phi) is 5.06. The molecule has 5 N–H and O–H groups in total. The number of aliphatic carboxylic acids is 1. The number of azo groups is 1. The first-order valence-corrected chi connectivity index (χ1v) is 10.4. The summed E-state index contributed by atoms with van der Waals surface area (Å²) in [4.78, 5) is 24.9. The van der Waals surface area contributed by atoms with Crippen molar-refractivity contribution >= 4 is 45.6 Å². The molecule has 34 heavy (non-hydrogen) atoms. The van der Waals surface area contributed by atoms with Crippen molar-refractivity contribution in [3.63, 3.8) is 0 Å². The van der Waals surface area contributed by atoms with E-state index in [0.717, 1.165) is 4.57 Å². The Morgan fingerprint density at radius 1 is 1.24 bits per heavy atom. The maximum atomic E-state index is 13.0. The van der Waals surface area contributed by atoms with Gasteiger partial charge in [-0.3, -0.25) is 14.2 Å². The standard InChI is InChI=1S/C19H13N9O5S/c20-16-17(25-33-24-16)28-15(11-6-3-7-34-11)14(22-26-28)18(31)23-21-13-9-4-1-2-5-10(9)27(19(13)32)8-12(29)30/h1-7H,8H2,(H4,20,23,24,29,30,31,32)/p+1. The molecular formula is C19H14N9O5S+. The SMILES string of the molecule is Nc1nonc1-[n+]1[nH]nc(C(=O)N=Nc2c(O)n(CC(=O)O)c3ccccc23)c1-c1cccs1. The van der Waals surface area contributed by atoms with Gasteiger partial charge in [-0.1, -0.05) is 24.3 Å². The second-order valence-electron chi connectivity index (χ2n) is 6.87. The fourth-order valence-electron chi connectivity index (χ4n) is 3.41. The Morgan fingerprint density at radius 3 is 2.76 bits per heavy atom. The van der Waals surface area contributed by atoms with Crippen LogP contribution in [0.5, 0.6) is 5.88 Å². The molecule has 4 aromatic heterocycles. The molecular weight excluding hydrogens is 466 g/mol. The third kappa shape index (κ3) is 3.45. The molecule has 0 fully saturated rings. The highest BCUT2D eigenvalue weighted by Gasteiger charge is 2.32. The summed E-state index contributed by atoms with van der Waals surface area (Å²) in [6.45, 7) is -0.495. The Balaban J connectivity index is 1.58. The molecule has 0 radical (unpaired) electrons. The molecule has 0 aliphatic rings. The monoisotopic (exact) mass is 480 g/mol. The number of aromatic nitrogens is 6. The molecule has 0 aliphatic heterocycles. The minimum Gasteiger partial charge on any atom is -0.493 e. The summed E-state index contributed by atoms with van der Waals surface area (Å²) in [5.74, 6) is -2.34. The molecule has 5 rings (SSSR count). The number of nitrogens with one attached hydrogen (secondary N) is 1. The van der Waals surface area contributed by atoms with Crippen LogP contribution in [0.2, 0.25) is 0 Å². The van der Waals surface area contributed by atoms with Crippen molar-refractivity contribution in [2.24, 2.45) is 10.2 Å². The molecule has 1 amide bonds. The number of anilines is 1. The van der Waals surface area contributed by atoms with E-state index in [0.29, 0.717) is 21.5 Å². The first-order chi connectivity index (χ1) is 16.5. The molecule has 4 heterocycles. The van der Waals surface area contributed by atoms with E-state index in [9.17, 15) is 14.7 Å². The lowest BCUT2D eigenvalue weighted by Gasteiger charge is -2.02. The summed E-state index contributed by atoms with van der Waals surface area (Å²) in [5, 5.41) is 43.6. The van der Waals surface area contributed by atoms with Crippen molar-refractivity contribution in [1.29, 1.82) is 0 Å². The minimum atomic E-state index is -1.15. The van der Waals surface area contributed by atoms with Crippen LogP contribution in [0.15, 0.2) is 56.6 Å². The number of carboxylic acids is 1. The zero-order valence-electron chi connectivity index (χ0n) is 17.0. The smallest absolute Gasteiger partial charge is 0.377 e. The van der Waals surface area contributed by atoms with Crippen molar-refractivity contribution in [3.05, 3.63) is 47.5 Å². The van der Waals surface area contributed by atoms with Gasteiger partial charge >= 0.3 is 17.7 Å². The van der Waals surface area contributed by atoms with E-state index >= 15 is 0 Å². The number of carbonyl (C=O) groups excluding carboxylic acids is 1. The molecule has 0 spiro atoms.